The van der Waals surface area contributed by atoms with E-state index in [4.69, 9.17) is 10.7 Å². The third-order valence-corrected chi connectivity index (χ3v) is 5.86. The van der Waals surface area contributed by atoms with Gasteiger partial charge in [-0.05, 0) is 31.1 Å². The van der Waals surface area contributed by atoms with Gasteiger partial charge in [0.15, 0.2) is 0 Å². The highest BCUT2D eigenvalue weighted by Gasteiger charge is 2.35. The summed E-state index contributed by atoms with van der Waals surface area (Å²) in [4.78, 5) is 4.88. The molecule has 0 amide bonds. The van der Waals surface area contributed by atoms with Crippen LogP contribution in [0.2, 0.25) is 0 Å². The Morgan fingerprint density at radius 1 is 1.30 bits per heavy atom. The number of thiazole rings is 1. The van der Waals surface area contributed by atoms with Crippen LogP contribution < -0.4 is 5.73 Å². The molecule has 1 aliphatic carbocycles. The van der Waals surface area contributed by atoms with Crippen molar-refractivity contribution in [2.24, 2.45) is 17.6 Å². The van der Waals surface area contributed by atoms with Crippen molar-refractivity contribution in [1.29, 1.82) is 0 Å². The average molecular weight is 295 g/mol. The maximum atomic E-state index is 6.75. The molecule has 0 bridgehead atoms. The summed E-state index contributed by atoms with van der Waals surface area (Å²) in [6.07, 6.45) is 6.00. The van der Waals surface area contributed by atoms with Crippen molar-refractivity contribution in [3.63, 3.8) is 0 Å². The van der Waals surface area contributed by atoms with Crippen LogP contribution >= 0.6 is 11.3 Å². The van der Waals surface area contributed by atoms with Crippen LogP contribution in [0.4, 0.5) is 0 Å². The highest BCUT2D eigenvalue weighted by molar-refractivity contribution is 7.09. The topological polar surface area (TPSA) is 38.9 Å². The summed E-state index contributed by atoms with van der Waals surface area (Å²) in [5.74, 6) is 1.61. The van der Waals surface area contributed by atoms with E-state index in [1.54, 1.807) is 11.3 Å². The van der Waals surface area contributed by atoms with Crippen molar-refractivity contribution < 1.29 is 0 Å². The number of rotatable bonds is 2. The van der Waals surface area contributed by atoms with E-state index in [-0.39, 0.29) is 11.0 Å². The molecule has 0 aromatic carbocycles. The third kappa shape index (κ3) is 3.43. The first-order chi connectivity index (χ1) is 9.22. The molecule has 1 saturated carbocycles. The first-order valence-electron chi connectivity index (χ1n) is 7.98. The summed E-state index contributed by atoms with van der Waals surface area (Å²) in [6.45, 7) is 11.3. The van der Waals surface area contributed by atoms with Crippen molar-refractivity contribution >= 4 is 11.3 Å². The molecule has 0 aliphatic heterocycles. The second-order valence-corrected chi connectivity index (χ2v) is 8.74. The van der Waals surface area contributed by atoms with Gasteiger partial charge < -0.3 is 5.73 Å². The van der Waals surface area contributed by atoms with E-state index >= 15 is 0 Å². The standard InChI is InChI=1S/C17H30N2S/c1-12(2)13-7-6-9-17(18,10-8-13)15-19-14(11-20-15)16(3,4)5/h11-13H,6-10,18H2,1-5H3. The van der Waals surface area contributed by atoms with Gasteiger partial charge >= 0.3 is 0 Å². The van der Waals surface area contributed by atoms with Crippen LogP contribution in [0.1, 0.15) is 77.4 Å². The molecule has 1 fully saturated rings. The molecule has 2 N–H and O–H groups in total. The quantitative estimate of drug-likeness (QED) is 0.793. The Kier molecular flexibility index (Phi) is 4.60. The fourth-order valence-electron chi connectivity index (χ4n) is 3.12. The minimum atomic E-state index is -0.183. The number of hydrogen-bond donors (Lipinski definition) is 1. The lowest BCUT2D eigenvalue weighted by molar-refractivity contribution is 0.324. The van der Waals surface area contributed by atoms with Crippen LogP contribution in [-0.2, 0) is 11.0 Å². The minimum absolute atomic E-state index is 0.121. The number of nitrogens with zero attached hydrogens (tertiary/aromatic N) is 1. The predicted molar refractivity (Wildman–Crippen MR) is 88.1 cm³/mol. The molecule has 0 spiro atoms. The van der Waals surface area contributed by atoms with E-state index in [1.807, 2.05) is 0 Å². The Balaban J connectivity index is 2.16. The van der Waals surface area contributed by atoms with Gasteiger partial charge in [-0.1, -0.05) is 47.5 Å². The van der Waals surface area contributed by atoms with Gasteiger partial charge in [0.2, 0.25) is 0 Å². The predicted octanol–water partition coefficient (Wildman–Crippen LogP) is 4.83. The number of nitrogens with two attached hydrogens (primary N) is 1. The molecule has 2 atom stereocenters. The van der Waals surface area contributed by atoms with Gasteiger partial charge in [0, 0.05) is 10.8 Å². The molecule has 2 unspecified atom stereocenters. The highest BCUT2D eigenvalue weighted by atomic mass is 32.1. The summed E-state index contributed by atoms with van der Waals surface area (Å²) < 4.78 is 0. The molecule has 114 valence electrons. The molecule has 1 aromatic heterocycles. The van der Waals surface area contributed by atoms with Gasteiger partial charge in [-0.15, -0.1) is 11.3 Å². The van der Waals surface area contributed by atoms with E-state index in [1.165, 1.54) is 25.0 Å². The molecule has 0 saturated heterocycles. The van der Waals surface area contributed by atoms with Crippen LogP contribution in [0.5, 0.6) is 0 Å². The van der Waals surface area contributed by atoms with Crippen molar-refractivity contribution in [3.05, 3.63) is 16.1 Å². The molecule has 20 heavy (non-hydrogen) atoms. The van der Waals surface area contributed by atoms with E-state index in [0.29, 0.717) is 0 Å². The molecular weight excluding hydrogens is 264 g/mol. The Morgan fingerprint density at radius 3 is 2.55 bits per heavy atom. The summed E-state index contributed by atoms with van der Waals surface area (Å²) in [5.41, 5.74) is 7.87. The summed E-state index contributed by atoms with van der Waals surface area (Å²) in [5, 5.41) is 3.36. The smallest absolute Gasteiger partial charge is 0.113 e. The van der Waals surface area contributed by atoms with Crippen LogP contribution in [0, 0.1) is 11.8 Å². The van der Waals surface area contributed by atoms with Gasteiger partial charge in [0.05, 0.1) is 11.2 Å². The number of hydrogen-bond acceptors (Lipinski definition) is 3. The van der Waals surface area contributed by atoms with Gasteiger partial charge in [-0.2, -0.15) is 0 Å². The van der Waals surface area contributed by atoms with E-state index in [2.05, 4.69) is 40.0 Å². The molecule has 0 radical (unpaired) electrons. The van der Waals surface area contributed by atoms with Crippen LogP contribution in [0.15, 0.2) is 5.38 Å². The van der Waals surface area contributed by atoms with Gasteiger partial charge in [-0.3, -0.25) is 0 Å². The fourth-order valence-corrected chi connectivity index (χ4v) is 4.34. The summed E-state index contributed by atoms with van der Waals surface area (Å²) in [6, 6.07) is 0. The maximum Gasteiger partial charge on any atom is 0.113 e. The van der Waals surface area contributed by atoms with Crippen molar-refractivity contribution in [1.82, 2.24) is 4.98 Å². The van der Waals surface area contributed by atoms with Gasteiger partial charge in [0.25, 0.3) is 0 Å². The average Bonchev–Trinajstić information content (AvgIpc) is 2.75. The molecule has 1 heterocycles. The first kappa shape index (κ1) is 16.0. The summed E-state index contributed by atoms with van der Waals surface area (Å²) in [7, 11) is 0. The third-order valence-electron chi connectivity index (χ3n) is 4.80. The zero-order chi connectivity index (χ0) is 15.0. The molecule has 1 aromatic rings. The Morgan fingerprint density at radius 2 is 2.00 bits per heavy atom. The Labute approximate surface area is 128 Å². The minimum Gasteiger partial charge on any atom is -0.319 e. The van der Waals surface area contributed by atoms with Crippen LogP contribution in [0.3, 0.4) is 0 Å². The lowest BCUT2D eigenvalue weighted by atomic mass is 9.87. The summed E-state index contributed by atoms with van der Waals surface area (Å²) >= 11 is 1.76. The molecular formula is C17H30N2S. The lowest BCUT2D eigenvalue weighted by Gasteiger charge is -2.26. The second-order valence-electron chi connectivity index (χ2n) is 7.88. The van der Waals surface area contributed by atoms with E-state index in [9.17, 15) is 0 Å². The fraction of sp³-hybridized carbons (Fsp3) is 0.824. The first-order valence-corrected chi connectivity index (χ1v) is 8.86. The molecule has 2 nitrogen and oxygen atoms in total. The van der Waals surface area contributed by atoms with Crippen LogP contribution in [-0.4, -0.2) is 4.98 Å². The lowest BCUT2D eigenvalue weighted by Crippen LogP contribution is -2.36. The van der Waals surface area contributed by atoms with Crippen molar-refractivity contribution in [2.45, 2.75) is 77.7 Å². The SMILES string of the molecule is CC(C)C1CCCC(N)(c2nc(C(C)(C)C)cs2)CC1. The Bertz CT molecular complexity index is 444. The van der Waals surface area contributed by atoms with Gasteiger partial charge in [-0.25, -0.2) is 4.98 Å². The van der Waals surface area contributed by atoms with Gasteiger partial charge in [0.1, 0.15) is 5.01 Å². The largest absolute Gasteiger partial charge is 0.319 e. The van der Waals surface area contributed by atoms with E-state index < -0.39 is 0 Å². The van der Waals surface area contributed by atoms with Crippen molar-refractivity contribution in [3.8, 4) is 0 Å². The van der Waals surface area contributed by atoms with Crippen molar-refractivity contribution in [2.75, 3.05) is 0 Å². The van der Waals surface area contributed by atoms with E-state index in [0.717, 1.165) is 29.7 Å². The number of aromatic nitrogens is 1. The zero-order valence-electron chi connectivity index (χ0n) is 13.7. The highest BCUT2D eigenvalue weighted by Crippen LogP contribution is 2.40. The molecule has 2 rings (SSSR count). The second kappa shape index (κ2) is 5.76. The molecule has 1 aliphatic rings. The normalized spacial score (nSPS) is 28.6. The maximum absolute atomic E-state index is 6.75. The molecule has 3 heteroatoms. The Hall–Kier alpha value is -0.410. The zero-order valence-corrected chi connectivity index (χ0v) is 14.5. The monoisotopic (exact) mass is 294 g/mol. The van der Waals surface area contributed by atoms with Crippen LogP contribution in [0.25, 0.3) is 0 Å².